The summed E-state index contributed by atoms with van der Waals surface area (Å²) in [4.78, 5) is 25.6. The van der Waals surface area contributed by atoms with E-state index < -0.39 is 5.92 Å². The molecule has 0 spiro atoms. The first-order valence-electron chi connectivity index (χ1n) is 7.77. The van der Waals surface area contributed by atoms with Gasteiger partial charge < -0.3 is 4.74 Å². The maximum Gasteiger partial charge on any atom is 0.151 e. The number of fused-ring (bicyclic) bond motifs is 1. The van der Waals surface area contributed by atoms with Gasteiger partial charge in [-0.1, -0.05) is 18.9 Å². The second-order valence-electron chi connectivity index (χ2n) is 6.43. The van der Waals surface area contributed by atoms with E-state index >= 15 is 0 Å². The molecule has 0 heterocycles. The van der Waals surface area contributed by atoms with Gasteiger partial charge in [-0.25, -0.2) is 0 Å². The van der Waals surface area contributed by atoms with Crippen LogP contribution in [0.1, 0.15) is 48.3 Å². The first-order chi connectivity index (χ1) is 10.0. The molecule has 2 aliphatic carbocycles. The van der Waals surface area contributed by atoms with E-state index in [1.165, 1.54) is 0 Å². The highest BCUT2D eigenvalue weighted by molar-refractivity contribution is 6.16. The standard InChI is InChI=1S/C18H22O3/c1-10-8-11(2)15(14(9-10)21-3)16-17(19)12-6-4-5-7-13(12)18(16)20/h8-9,12-13,16H,4-7H2,1-3H3. The molecule has 2 saturated carbocycles. The Hall–Kier alpha value is -1.64. The lowest BCUT2D eigenvalue weighted by Crippen LogP contribution is -2.21. The summed E-state index contributed by atoms with van der Waals surface area (Å²) in [7, 11) is 1.61. The topological polar surface area (TPSA) is 43.4 Å². The van der Waals surface area contributed by atoms with Crippen LogP contribution in [0.4, 0.5) is 0 Å². The molecule has 2 aliphatic rings. The fraction of sp³-hybridized carbons (Fsp3) is 0.556. The zero-order valence-electron chi connectivity index (χ0n) is 12.9. The molecule has 2 unspecified atom stereocenters. The molecule has 0 aliphatic heterocycles. The lowest BCUT2D eigenvalue weighted by atomic mass is 9.81. The molecule has 21 heavy (non-hydrogen) atoms. The van der Waals surface area contributed by atoms with Crippen molar-refractivity contribution in [1.29, 1.82) is 0 Å². The van der Waals surface area contributed by atoms with E-state index in [1.54, 1.807) is 7.11 Å². The number of methoxy groups -OCH3 is 1. The van der Waals surface area contributed by atoms with Crippen LogP contribution < -0.4 is 4.74 Å². The quantitative estimate of drug-likeness (QED) is 0.783. The van der Waals surface area contributed by atoms with Gasteiger partial charge in [-0.05, 0) is 43.9 Å². The van der Waals surface area contributed by atoms with Crippen molar-refractivity contribution in [2.75, 3.05) is 7.11 Å². The Morgan fingerprint density at radius 2 is 1.57 bits per heavy atom. The first-order valence-corrected chi connectivity index (χ1v) is 7.77. The van der Waals surface area contributed by atoms with Crippen LogP contribution >= 0.6 is 0 Å². The third kappa shape index (κ3) is 2.19. The maximum atomic E-state index is 12.8. The molecular weight excluding hydrogens is 264 g/mol. The van der Waals surface area contributed by atoms with Crippen LogP contribution in [0, 0.1) is 25.7 Å². The maximum absolute atomic E-state index is 12.8. The number of hydrogen-bond donors (Lipinski definition) is 0. The van der Waals surface area contributed by atoms with Gasteiger partial charge in [-0.2, -0.15) is 0 Å². The predicted molar refractivity (Wildman–Crippen MR) is 80.7 cm³/mol. The number of Topliss-reactive ketones (excluding diaryl/α,β-unsaturated/α-hetero) is 2. The lowest BCUT2D eigenvalue weighted by molar-refractivity contribution is -0.125. The van der Waals surface area contributed by atoms with E-state index in [-0.39, 0.29) is 23.4 Å². The molecule has 0 aromatic heterocycles. The van der Waals surface area contributed by atoms with Crippen LogP contribution in [0.3, 0.4) is 0 Å². The molecule has 2 fully saturated rings. The van der Waals surface area contributed by atoms with Gasteiger partial charge in [0.2, 0.25) is 0 Å². The number of rotatable bonds is 2. The van der Waals surface area contributed by atoms with Gasteiger partial charge in [-0.3, -0.25) is 9.59 Å². The second-order valence-corrected chi connectivity index (χ2v) is 6.43. The highest BCUT2D eigenvalue weighted by atomic mass is 16.5. The zero-order valence-corrected chi connectivity index (χ0v) is 12.9. The predicted octanol–water partition coefficient (Wildman–Crippen LogP) is 3.35. The summed E-state index contributed by atoms with van der Waals surface area (Å²) in [5.41, 5.74) is 2.87. The number of carbonyl (C=O) groups is 2. The number of benzene rings is 1. The van der Waals surface area contributed by atoms with Crippen LogP contribution in [-0.4, -0.2) is 18.7 Å². The summed E-state index contributed by atoms with van der Waals surface area (Å²) >= 11 is 0. The Morgan fingerprint density at radius 1 is 1.00 bits per heavy atom. The molecule has 0 bridgehead atoms. The highest BCUT2D eigenvalue weighted by Gasteiger charge is 2.51. The molecule has 0 radical (unpaired) electrons. The van der Waals surface area contributed by atoms with Gasteiger partial charge in [0.1, 0.15) is 11.7 Å². The van der Waals surface area contributed by atoms with Crippen LogP contribution in [-0.2, 0) is 9.59 Å². The van der Waals surface area contributed by atoms with E-state index in [1.807, 2.05) is 26.0 Å². The minimum atomic E-state index is -0.603. The third-order valence-corrected chi connectivity index (χ3v) is 5.07. The van der Waals surface area contributed by atoms with Crippen molar-refractivity contribution in [2.24, 2.45) is 11.8 Å². The number of aryl methyl sites for hydroxylation is 2. The summed E-state index contributed by atoms with van der Waals surface area (Å²) < 4.78 is 5.47. The van der Waals surface area contributed by atoms with Gasteiger partial charge in [-0.15, -0.1) is 0 Å². The van der Waals surface area contributed by atoms with Gasteiger partial charge in [0, 0.05) is 17.4 Å². The van der Waals surface area contributed by atoms with Crippen molar-refractivity contribution in [3.63, 3.8) is 0 Å². The van der Waals surface area contributed by atoms with E-state index in [0.29, 0.717) is 5.75 Å². The number of carbonyl (C=O) groups excluding carboxylic acids is 2. The van der Waals surface area contributed by atoms with E-state index in [2.05, 4.69) is 0 Å². The SMILES string of the molecule is COc1cc(C)cc(C)c1C1C(=O)C2CCCCC2C1=O. The molecule has 1 aromatic rings. The summed E-state index contributed by atoms with van der Waals surface area (Å²) in [5.74, 6) is 0.208. The molecule has 2 atom stereocenters. The Bertz CT molecular complexity index is 579. The minimum absolute atomic E-state index is 0.0540. The first kappa shape index (κ1) is 14.3. The average molecular weight is 286 g/mol. The van der Waals surface area contributed by atoms with Crippen molar-refractivity contribution < 1.29 is 14.3 Å². The molecule has 112 valence electrons. The second kappa shape index (κ2) is 5.28. The average Bonchev–Trinajstić information content (AvgIpc) is 2.71. The van der Waals surface area contributed by atoms with Crippen molar-refractivity contribution in [2.45, 2.75) is 45.4 Å². The highest BCUT2D eigenvalue weighted by Crippen LogP contribution is 2.47. The Morgan fingerprint density at radius 3 is 2.10 bits per heavy atom. The summed E-state index contributed by atoms with van der Waals surface area (Å²) in [6.07, 6.45) is 3.88. The fourth-order valence-electron chi connectivity index (χ4n) is 4.14. The van der Waals surface area contributed by atoms with Gasteiger partial charge in [0.25, 0.3) is 0 Å². The van der Waals surface area contributed by atoms with Crippen LogP contribution in [0.5, 0.6) is 5.75 Å². The number of ether oxygens (including phenoxy) is 1. The third-order valence-electron chi connectivity index (χ3n) is 5.07. The van der Waals surface area contributed by atoms with Crippen molar-refractivity contribution in [3.05, 3.63) is 28.8 Å². The van der Waals surface area contributed by atoms with E-state index in [0.717, 1.165) is 42.4 Å². The monoisotopic (exact) mass is 286 g/mol. The fourth-order valence-corrected chi connectivity index (χ4v) is 4.14. The molecule has 3 nitrogen and oxygen atoms in total. The van der Waals surface area contributed by atoms with Crippen LogP contribution in [0.15, 0.2) is 12.1 Å². The summed E-state index contributed by atoms with van der Waals surface area (Å²) in [5, 5.41) is 0. The van der Waals surface area contributed by atoms with Crippen molar-refractivity contribution in [3.8, 4) is 5.75 Å². The Kier molecular flexibility index (Phi) is 3.60. The Balaban J connectivity index is 2.08. The van der Waals surface area contributed by atoms with E-state index in [4.69, 9.17) is 4.74 Å². The molecule has 1 aromatic carbocycles. The van der Waals surface area contributed by atoms with Crippen molar-refractivity contribution in [1.82, 2.24) is 0 Å². The molecular formula is C18H22O3. The molecule has 0 saturated heterocycles. The van der Waals surface area contributed by atoms with Crippen LogP contribution in [0.25, 0.3) is 0 Å². The van der Waals surface area contributed by atoms with Crippen molar-refractivity contribution >= 4 is 11.6 Å². The zero-order chi connectivity index (χ0) is 15.1. The van der Waals surface area contributed by atoms with Gasteiger partial charge in [0.15, 0.2) is 11.6 Å². The smallest absolute Gasteiger partial charge is 0.151 e. The Labute approximate surface area is 125 Å². The lowest BCUT2D eigenvalue weighted by Gasteiger charge is -2.21. The molecule has 3 heteroatoms. The largest absolute Gasteiger partial charge is 0.496 e. The van der Waals surface area contributed by atoms with Gasteiger partial charge in [0.05, 0.1) is 7.11 Å². The van der Waals surface area contributed by atoms with Gasteiger partial charge >= 0.3 is 0 Å². The summed E-state index contributed by atoms with van der Waals surface area (Å²) in [6, 6.07) is 3.95. The number of ketones is 2. The minimum Gasteiger partial charge on any atom is -0.496 e. The number of hydrogen-bond acceptors (Lipinski definition) is 3. The summed E-state index contributed by atoms with van der Waals surface area (Å²) in [6.45, 7) is 3.96. The molecule has 0 amide bonds. The van der Waals surface area contributed by atoms with E-state index in [9.17, 15) is 9.59 Å². The molecule has 0 N–H and O–H groups in total. The molecule has 3 rings (SSSR count). The van der Waals surface area contributed by atoms with Crippen LogP contribution in [0.2, 0.25) is 0 Å². The normalized spacial score (nSPS) is 28.6.